The normalized spacial score (nSPS) is 19.6. The van der Waals surface area contributed by atoms with Crippen molar-refractivity contribution in [1.82, 2.24) is 9.80 Å². The SMILES string of the molecule is O=C(/C=C\c1ccccc1)C1=C(O)C(=O)N(CCCN2CCOCC2)[C@H]1c1ccccc1F. The maximum Gasteiger partial charge on any atom is 0.290 e. The number of rotatable bonds is 8. The van der Waals surface area contributed by atoms with E-state index in [1.807, 2.05) is 30.3 Å². The Morgan fingerprint density at radius 2 is 1.76 bits per heavy atom. The molecule has 2 aliphatic rings. The molecule has 2 aromatic carbocycles. The summed E-state index contributed by atoms with van der Waals surface area (Å²) in [6, 6.07) is 14.3. The number of nitrogens with zero attached hydrogens (tertiary/aromatic N) is 2. The van der Waals surface area contributed by atoms with Crippen LogP contribution in [0.25, 0.3) is 6.08 Å². The first-order valence-corrected chi connectivity index (χ1v) is 11.1. The maximum atomic E-state index is 14.8. The number of halogens is 1. The number of morpholine rings is 1. The van der Waals surface area contributed by atoms with Crippen LogP contribution in [0, 0.1) is 5.82 Å². The monoisotopic (exact) mass is 450 g/mol. The van der Waals surface area contributed by atoms with E-state index >= 15 is 0 Å². The summed E-state index contributed by atoms with van der Waals surface area (Å²) >= 11 is 0. The molecule has 33 heavy (non-hydrogen) atoms. The minimum absolute atomic E-state index is 0.0938. The van der Waals surface area contributed by atoms with Gasteiger partial charge in [-0.15, -0.1) is 0 Å². The van der Waals surface area contributed by atoms with Crippen molar-refractivity contribution in [2.75, 3.05) is 39.4 Å². The van der Waals surface area contributed by atoms with E-state index in [2.05, 4.69) is 4.90 Å². The third kappa shape index (κ3) is 5.21. The fourth-order valence-electron chi connectivity index (χ4n) is 4.27. The number of aliphatic hydroxyl groups excluding tert-OH is 1. The maximum absolute atomic E-state index is 14.8. The summed E-state index contributed by atoms with van der Waals surface area (Å²) in [5, 5.41) is 10.7. The standard InChI is InChI=1S/C26H27FN2O4/c27-21-10-5-4-9-20(21)24-23(22(30)12-11-19-7-2-1-3-8-19)25(31)26(32)29(24)14-6-13-28-15-17-33-18-16-28/h1-5,7-12,24,31H,6,13-18H2/b12-11-/t24-/m0/s1. The Kier molecular flexibility index (Phi) is 7.32. The number of hydrogen-bond donors (Lipinski definition) is 1. The van der Waals surface area contributed by atoms with Gasteiger partial charge >= 0.3 is 0 Å². The summed E-state index contributed by atoms with van der Waals surface area (Å²) < 4.78 is 20.1. The predicted molar refractivity (Wildman–Crippen MR) is 123 cm³/mol. The molecule has 1 amide bonds. The van der Waals surface area contributed by atoms with Crippen LogP contribution in [0.4, 0.5) is 4.39 Å². The van der Waals surface area contributed by atoms with Crippen LogP contribution in [0.5, 0.6) is 0 Å². The smallest absolute Gasteiger partial charge is 0.290 e. The van der Waals surface area contributed by atoms with Gasteiger partial charge in [-0.05, 0) is 24.1 Å². The first-order valence-electron chi connectivity index (χ1n) is 11.1. The van der Waals surface area contributed by atoms with Crippen LogP contribution in [0.3, 0.4) is 0 Å². The van der Waals surface area contributed by atoms with Crippen LogP contribution < -0.4 is 0 Å². The van der Waals surface area contributed by atoms with Crippen molar-refractivity contribution in [3.8, 4) is 0 Å². The van der Waals surface area contributed by atoms with E-state index in [4.69, 9.17) is 4.74 Å². The second-order valence-electron chi connectivity index (χ2n) is 8.10. The molecule has 2 aliphatic heterocycles. The van der Waals surface area contributed by atoms with E-state index in [0.29, 0.717) is 26.2 Å². The molecule has 6 nitrogen and oxygen atoms in total. The molecule has 0 bridgehead atoms. The number of aliphatic hydroxyl groups is 1. The molecule has 172 valence electrons. The molecular weight excluding hydrogens is 423 g/mol. The van der Waals surface area contributed by atoms with Gasteiger partial charge in [0.15, 0.2) is 11.5 Å². The van der Waals surface area contributed by atoms with E-state index in [1.54, 1.807) is 24.3 Å². The molecule has 4 rings (SSSR count). The van der Waals surface area contributed by atoms with Crippen molar-refractivity contribution >= 4 is 17.8 Å². The van der Waals surface area contributed by atoms with Crippen LogP contribution in [-0.2, 0) is 14.3 Å². The van der Waals surface area contributed by atoms with Crippen molar-refractivity contribution in [3.05, 3.63) is 88.9 Å². The fourth-order valence-corrected chi connectivity index (χ4v) is 4.27. The van der Waals surface area contributed by atoms with E-state index in [-0.39, 0.29) is 11.1 Å². The number of carbonyl (C=O) groups is 2. The number of amides is 1. The van der Waals surface area contributed by atoms with Gasteiger partial charge in [-0.2, -0.15) is 0 Å². The fraction of sp³-hybridized carbons (Fsp3) is 0.308. The zero-order valence-corrected chi connectivity index (χ0v) is 18.3. The third-order valence-corrected chi connectivity index (χ3v) is 5.97. The molecule has 0 aliphatic carbocycles. The van der Waals surface area contributed by atoms with E-state index in [9.17, 15) is 19.1 Å². The highest BCUT2D eigenvalue weighted by atomic mass is 19.1. The Bertz CT molecular complexity index is 1060. The van der Waals surface area contributed by atoms with Gasteiger partial charge in [-0.25, -0.2) is 4.39 Å². The molecule has 1 N–H and O–H groups in total. The van der Waals surface area contributed by atoms with Crippen molar-refractivity contribution < 1.29 is 23.8 Å². The average Bonchev–Trinajstić information content (AvgIpc) is 3.09. The lowest BCUT2D eigenvalue weighted by atomic mass is 9.95. The number of hydrogen-bond acceptors (Lipinski definition) is 5. The summed E-state index contributed by atoms with van der Waals surface area (Å²) in [5.74, 6) is -2.31. The van der Waals surface area contributed by atoms with E-state index in [1.165, 1.54) is 17.0 Å². The van der Waals surface area contributed by atoms with Crippen LogP contribution in [0.2, 0.25) is 0 Å². The number of ether oxygens (including phenoxy) is 1. The summed E-state index contributed by atoms with van der Waals surface area (Å²) in [6.45, 7) is 4.03. The number of carbonyl (C=O) groups excluding carboxylic acids is 2. The summed E-state index contributed by atoms with van der Waals surface area (Å²) in [6.07, 6.45) is 3.57. The number of ketones is 1. The Morgan fingerprint density at radius 1 is 1.06 bits per heavy atom. The van der Waals surface area contributed by atoms with Crippen LogP contribution >= 0.6 is 0 Å². The zero-order chi connectivity index (χ0) is 23.2. The lowest BCUT2D eigenvalue weighted by Crippen LogP contribution is -2.39. The highest BCUT2D eigenvalue weighted by molar-refractivity contribution is 6.14. The minimum Gasteiger partial charge on any atom is -0.503 e. The topological polar surface area (TPSA) is 70.1 Å². The predicted octanol–water partition coefficient (Wildman–Crippen LogP) is 3.53. The van der Waals surface area contributed by atoms with Gasteiger partial charge in [0.1, 0.15) is 5.82 Å². The van der Waals surface area contributed by atoms with Gasteiger partial charge in [-0.3, -0.25) is 14.5 Å². The molecule has 0 radical (unpaired) electrons. The van der Waals surface area contributed by atoms with Crippen molar-refractivity contribution in [2.45, 2.75) is 12.5 Å². The third-order valence-electron chi connectivity index (χ3n) is 5.97. The average molecular weight is 451 g/mol. The van der Waals surface area contributed by atoms with Crippen molar-refractivity contribution in [3.63, 3.8) is 0 Å². The Labute approximate surface area is 192 Å². The summed E-state index contributed by atoms with van der Waals surface area (Å²) in [4.78, 5) is 29.7. The lowest BCUT2D eigenvalue weighted by Gasteiger charge is -2.30. The van der Waals surface area contributed by atoms with E-state index < -0.39 is 29.3 Å². The second-order valence-corrected chi connectivity index (χ2v) is 8.10. The molecule has 1 fully saturated rings. The molecule has 2 heterocycles. The van der Waals surface area contributed by atoms with Gasteiger partial charge in [0, 0.05) is 31.7 Å². The van der Waals surface area contributed by atoms with Crippen molar-refractivity contribution in [2.24, 2.45) is 0 Å². The highest BCUT2D eigenvalue weighted by Crippen LogP contribution is 2.39. The molecule has 0 saturated carbocycles. The zero-order valence-electron chi connectivity index (χ0n) is 18.3. The number of allylic oxidation sites excluding steroid dienone is 1. The Hall–Kier alpha value is -3.29. The first-order chi connectivity index (χ1) is 16.1. The molecule has 0 unspecified atom stereocenters. The van der Waals surface area contributed by atoms with Crippen LogP contribution in [-0.4, -0.2) is 66.0 Å². The second kappa shape index (κ2) is 10.6. The van der Waals surface area contributed by atoms with Gasteiger partial charge in [0.25, 0.3) is 5.91 Å². The van der Waals surface area contributed by atoms with Crippen molar-refractivity contribution in [1.29, 1.82) is 0 Å². The molecule has 0 spiro atoms. The summed E-state index contributed by atoms with van der Waals surface area (Å²) in [7, 11) is 0. The van der Waals surface area contributed by atoms with Gasteiger partial charge < -0.3 is 14.7 Å². The van der Waals surface area contributed by atoms with Crippen LogP contribution in [0.15, 0.2) is 72.0 Å². The van der Waals surface area contributed by atoms with E-state index in [0.717, 1.165) is 25.2 Å². The highest BCUT2D eigenvalue weighted by Gasteiger charge is 2.43. The largest absolute Gasteiger partial charge is 0.503 e. The molecular formula is C26H27FN2O4. The van der Waals surface area contributed by atoms with Gasteiger partial charge in [0.05, 0.1) is 24.8 Å². The molecule has 2 aromatic rings. The minimum atomic E-state index is -0.976. The molecule has 1 saturated heterocycles. The summed E-state index contributed by atoms with van der Waals surface area (Å²) in [5.41, 5.74) is 0.904. The molecule has 0 aromatic heterocycles. The lowest BCUT2D eigenvalue weighted by molar-refractivity contribution is -0.129. The Balaban J connectivity index is 1.58. The quantitative estimate of drug-likeness (QED) is 0.623. The molecule has 1 atom stereocenters. The Morgan fingerprint density at radius 3 is 2.48 bits per heavy atom. The van der Waals surface area contributed by atoms with Gasteiger partial charge in [-0.1, -0.05) is 54.6 Å². The number of benzene rings is 2. The van der Waals surface area contributed by atoms with Crippen LogP contribution in [0.1, 0.15) is 23.6 Å². The molecule has 7 heteroatoms. The first kappa shape index (κ1) is 22.9. The van der Waals surface area contributed by atoms with Gasteiger partial charge in [0.2, 0.25) is 0 Å².